The smallest absolute Gasteiger partial charge is 0.279 e. The maximum Gasteiger partial charge on any atom is 0.279 e. The van der Waals surface area contributed by atoms with Crippen LogP contribution in [0.15, 0.2) is 11.8 Å². The SMILES string of the molecule is COC1=CC(=O)N(C(=O)CC[C@H](C)NC(=O)[C@H](CC(C)C)NC(=O)[C@H](CC(C)C)NC(=O)[C@H](C(C)C)[NH+](C)C)[C@H]1C. The van der Waals surface area contributed by atoms with Gasteiger partial charge in [-0.05, 0) is 44.9 Å². The Balaban J connectivity index is 2.88. The molecular weight excluding hydrogens is 526 g/mol. The van der Waals surface area contributed by atoms with Crippen molar-refractivity contribution in [2.75, 3.05) is 21.2 Å². The van der Waals surface area contributed by atoms with Crippen LogP contribution in [-0.2, 0) is 28.7 Å². The first kappa shape index (κ1) is 36.1. The molecule has 5 amide bonds. The summed E-state index contributed by atoms with van der Waals surface area (Å²) in [5, 5.41) is 8.73. The standard InChI is InChI=1S/C30H53N5O6/c1-17(2)14-22(32-29(39)23(15-18(3)4)33-30(40)27(19(5)6)34(9)10)28(38)31-20(7)12-13-25(36)35-21(8)24(41-11)16-26(35)37/h16-23,27H,12-15H2,1-11H3,(H,31,38)(H,32,39)(H,33,40)/p+1/t20-,21-,22-,23-,27-/m0/s1. The highest BCUT2D eigenvalue weighted by Gasteiger charge is 2.36. The summed E-state index contributed by atoms with van der Waals surface area (Å²) in [6.45, 7) is 15.3. The zero-order valence-corrected chi connectivity index (χ0v) is 26.9. The van der Waals surface area contributed by atoms with Gasteiger partial charge in [-0.1, -0.05) is 41.5 Å². The van der Waals surface area contributed by atoms with E-state index < -0.39 is 29.9 Å². The Bertz CT molecular complexity index is 953. The van der Waals surface area contributed by atoms with Gasteiger partial charge in [0.25, 0.3) is 11.8 Å². The summed E-state index contributed by atoms with van der Waals surface area (Å²) in [6, 6.07) is -2.73. The molecule has 0 aromatic heterocycles. The predicted octanol–water partition coefficient (Wildman–Crippen LogP) is 0.790. The van der Waals surface area contributed by atoms with Crippen LogP contribution in [0.2, 0.25) is 0 Å². The van der Waals surface area contributed by atoms with E-state index in [0.29, 0.717) is 25.0 Å². The second-order valence-corrected chi connectivity index (χ2v) is 12.7. The number of likely N-dealkylation sites (N-methyl/N-ethyl adjacent to an activating group) is 1. The Morgan fingerprint density at radius 2 is 1.37 bits per heavy atom. The van der Waals surface area contributed by atoms with Crippen molar-refractivity contribution >= 4 is 29.5 Å². The Hall–Kier alpha value is -2.95. The van der Waals surface area contributed by atoms with Crippen LogP contribution in [0.4, 0.5) is 0 Å². The maximum absolute atomic E-state index is 13.4. The highest BCUT2D eigenvalue weighted by molar-refractivity contribution is 6.04. The Morgan fingerprint density at radius 1 is 0.878 bits per heavy atom. The van der Waals surface area contributed by atoms with Crippen LogP contribution < -0.4 is 20.9 Å². The van der Waals surface area contributed by atoms with Crippen LogP contribution in [0, 0.1) is 17.8 Å². The summed E-state index contributed by atoms with van der Waals surface area (Å²) < 4.78 is 5.16. The quantitative estimate of drug-likeness (QED) is 0.213. The number of hydrogen-bond donors (Lipinski definition) is 4. The molecule has 4 N–H and O–H groups in total. The average molecular weight is 581 g/mol. The van der Waals surface area contributed by atoms with Crippen molar-refractivity contribution in [3.63, 3.8) is 0 Å². The minimum atomic E-state index is -0.804. The fourth-order valence-corrected chi connectivity index (χ4v) is 5.25. The maximum atomic E-state index is 13.4. The number of carbonyl (C=O) groups is 5. The first-order valence-electron chi connectivity index (χ1n) is 14.8. The predicted molar refractivity (Wildman–Crippen MR) is 157 cm³/mol. The average Bonchev–Trinajstić information content (AvgIpc) is 3.13. The molecule has 0 aromatic carbocycles. The van der Waals surface area contributed by atoms with Crippen molar-refractivity contribution < 1.29 is 33.6 Å². The van der Waals surface area contributed by atoms with E-state index in [9.17, 15) is 24.0 Å². The third-order valence-corrected chi connectivity index (χ3v) is 7.24. The molecule has 11 nitrogen and oxygen atoms in total. The number of rotatable bonds is 16. The van der Waals surface area contributed by atoms with Crippen LogP contribution in [0.25, 0.3) is 0 Å². The normalized spacial score (nSPS) is 18.3. The van der Waals surface area contributed by atoms with Crippen molar-refractivity contribution in [2.45, 2.75) is 111 Å². The first-order valence-corrected chi connectivity index (χ1v) is 14.8. The minimum absolute atomic E-state index is 0.0664. The molecule has 0 bridgehead atoms. The van der Waals surface area contributed by atoms with Gasteiger partial charge in [0.05, 0.1) is 27.2 Å². The highest BCUT2D eigenvalue weighted by atomic mass is 16.5. The molecule has 1 aliphatic rings. The van der Waals surface area contributed by atoms with E-state index in [-0.39, 0.29) is 54.0 Å². The summed E-state index contributed by atoms with van der Waals surface area (Å²) >= 11 is 0. The summed E-state index contributed by atoms with van der Waals surface area (Å²) in [5.74, 6) is -0.909. The van der Waals surface area contributed by atoms with Gasteiger partial charge in [-0.2, -0.15) is 0 Å². The molecule has 0 spiro atoms. The van der Waals surface area contributed by atoms with E-state index in [1.165, 1.54) is 18.1 Å². The number of amides is 5. The molecule has 0 fully saturated rings. The van der Waals surface area contributed by atoms with Gasteiger partial charge in [-0.25, -0.2) is 0 Å². The lowest BCUT2D eigenvalue weighted by atomic mass is 9.98. The molecule has 1 rings (SSSR count). The second kappa shape index (κ2) is 16.5. The number of methoxy groups -OCH3 is 1. The topological polar surface area (TPSA) is 138 Å². The van der Waals surface area contributed by atoms with Crippen LogP contribution in [0.3, 0.4) is 0 Å². The van der Waals surface area contributed by atoms with E-state index in [1.807, 2.05) is 55.6 Å². The Labute approximate surface area is 246 Å². The van der Waals surface area contributed by atoms with Gasteiger partial charge in [-0.3, -0.25) is 28.9 Å². The molecule has 11 heteroatoms. The number of carbonyl (C=O) groups excluding carboxylic acids is 5. The molecule has 0 radical (unpaired) electrons. The van der Waals surface area contributed by atoms with E-state index in [0.717, 1.165) is 4.90 Å². The lowest BCUT2D eigenvalue weighted by Gasteiger charge is -2.29. The molecule has 234 valence electrons. The van der Waals surface area contributed by atoms with Crippen LogP contribution in [0.1, 0.15) is 81.1 Å². The van der Waals surface area contributed by atoms with Crippen molar-refractivity contribution in [3.8, 4) is 0 Å². The first-order chi connectivity index (χ1) is 19.0. The number of nitrogens with zero attached hydrogens (tertiary/aromatic N) is 1. The molecule has 0 aromatic rings. The molecule has 41 heavy (non-hydrogen) atoms. The van der Waals surface area contributed by atoms with Crippen molar-refractivity contribution in [2.24, 2.45) is 17.8 Å². The molecule has 1 heterocycles. The van der Waals surface area contributed by atoms with Crippen LogP contribution in [-0.4, -0.2) is 85.9 Å². The fourth-order valence-electron chi connectivity index (χ4n) is 5.25. The number of nitrogens with one attached hydrogen (secondary N) is 4. The lowest BCUT2D eigenvalue weighted by molar-refractivity contribution is -0.879. The zero-order chi connectivity index (χ0) is 31.6. The molecule has 1 aliphatic heterocycles. The summed E-state index contributed by atoms with van der Waals surface area (Å²) in [7, 11) is 5.29. The second-order valence-electron chi connectivity index (χ2n) is 12.7. The third kappa shape index (κ3) is 11.1. The minimum Gasteiger partial charge on any atom is -0.499 e. The number of ether oxygens (including phenoxy) is 1. The number of imide groups is 1. The zero-order valence-electron chi connectivity index (χ0n) is 26.9. The summed E-state index contributed by atoms with van der Waals surface area (Å²) in [6.07, 6.45) is 2.55. The molecule has 5 atom stereocenters. The van der Waals surface area contributed by atoms with Crippen molar-refractivity contribution in [1.29, 1.82) is 0 Å². The lowest BCUT2D eigenvalue weighted by Crippen LogP contribution is -3.12. The number of hydrogen-bond acceptors (Lipinski definition) is 6. The highest BCUT2D eigenvalue weighted by Crippen LogP contribution is 2.21. The molecule has 0 aliphatic carbocycles. The van der Waals surface area contributed by atoms with E-state index in [2.05, 4.69) is 16.0 Å². The molecule has 0 saturated carbocycles. The van der Waals surface area contributed by atoms with Crippen LogP contribution >= 0.6 is 0 Å². The molecule has 0 unspecified atom stereocenters. The van der Waals surface area contributed by atoms with Gasteiger partial charge in [0.2, 0.25) is 17.7 Å². The van der Waals surface area contributed by atoms with Crippen LogP contribution in [0.5, 0.6) is 0 Å². The van der Waals surface area contributed by atoms with E-state index >= 15 is 0 Å². The van der Waals surface area contributed by atoms with Crippen molar-refractivity contribution in [1.82, 2.24) is 20.9 Å². The summed E-state index contributed by atoms with van der Waals surface area (Å²) in [4.78, 5) is 66.9. The van der Waals surface area contributed by atoms with E-state index in [4.69, 9.17) is 4.74 Å². The molecule has 0 saturated heterocycles. The van der Waals surface area contributed by atoms with Gasteiger partial charge in [0, 0.05) is 24.5 Å². The Morgan fingerprint density at radius 3 is 1.78 bits per heavy atom. The monoisotopic (exact) mass is 580 g/mol. The van der Waals surface area contributed by atoms with Gasteiger partial charge in [0.1, 0.15) is 17.8 Å². The number of quaternary nitrogens is 1. The van der Waals surface area contributed by atoms with Gasteiger partial charge in [-0.15, -0.1) is 0 Å². The largest absolute Gasteiger partial charge is 0.499 e. The van der Waals surface area contributed by atoms with Gasteiger partial charge < -0.3 is 25.6 Å². The third-order valence-electron chi connectivity index (χ3n) is 7.24. The van der Waals surface area contributed by atoms with Gasteiger partial charge in [0.15, 0.2) is 6.04 Å². The van der Waals surface area contributed by atoms with Crippen molar-refractivity contribution in [3.05, 3.63) is 11.8 Å². The van der Waals surface area contributed by atoms with Gasteiger partial charge >= 0.3 is 0 Å². The molecular formula is C30H54N5O6+. The fraction of sp³-hybridized carbons (Fsp3) is 0.767. The summed E-state index contributed by atoms with van der Waals surface area (Å²) in [5.41, 5.74) is 0. The Kier molecular flexibility index (Phi) is 14.5. The van der Waals surface area contributed by atoms with E-state index in [1.54, 1.807) is 13.8 Å².